The number of amides is 1. The number of hydrogen-bond donors (Lipinski definition) is 0. The summed E-state index contributed by atoms with van der Waals surface area (Å²) in [5.41, 5.74) is 1.03. The summed E-state index contributed by atoms with van der Waals surface area (Å²) in [6.45, 7) is 3.80. The van der Waals surface area contributed by atoms with Crippen LogP contribution in [0, 0.1) is 0 Å². The molecule has 4 nitrogen and oxygen atoms in total. The molecule has 2 heterocycles. The Labute approximate surface area is 183 Å². The highest BCUT2D eigenvalue weighted by Crippen LogP contribution is 2.35. The number of carbonyl (C=O) groups excluding carboxylic acids is 1. The van der Waals surface area contributed by atoms with Crippen molar-refractivity contribution >= 4 is 76.4 Å². The Morgan fingerprint density at radius 2 is 2.04 bits per heavy atom. The van der Waals surface area contributed by atoms with E-state index in [1.807, 2.05) is 54.0 Å². The van der Waals surface area contributed by atoms with Gasteiger partial charge in [-0.3, -0.25) is 4.79 Å². The van der Waals surface area contributed by atoms with Gasteiger partial charge in [0.2, 0.25) is 0 Å². The lowest BCUT2D eigenvalue weighted by atomic mass is 10.2. The van der Waals surface area contributed by atoms with Crippen LogP contribution in [0.1, 0.15) is 16.6 Å². The number of nitrogens with zero attached hydrogens (tertiary/aromatic N) is 2. The van der Waals surface area contributed by atoms with Crippen LogP contribution >= 0.6 is 50.2 Å². The molecular weight excluding hydrogens is 480 g/mol. The van der Waals surface area contributed by atoms with E-state index in [-0.39, 0.29) is 5.91 Å². The number of halogens is 2. The monoisotopic (exact) mass is 494 g/mol. The van der Waals surface area contributed by atoms with Crippen molar-refractivity contribution in [3.05, 3.63) is 61.6 Å². The Kier molecular flexibility index (Phi) is 5.99. The summed E-state index contributed by atoms with van der Waals surface area (Å²) in [5.74, 6) is -0.318. The molecule has 0 aliphatic heterocycles. The Morgan fingerprint density at radius 1 is 1.21 bits per heavy atom. The minimum atomic E-state index is -0.318. The molecule has 1 amide bonds. The molecule has 0 unspecified atom stereocenters. The summed E-state index contributed by atoms with van der Waals surface area (Å²) in [6, 6.07) is 13.8. The molecule has 0 radical (unpaired) electrons. The van der Waals surface area contributed by atoms with E-state index < -0.39 is 0 Å². The molecule has 0 saturated heterocycles. The molecule has 0 aliphatic rings. The van der Waals surface area contributed by atoms with Crippen LogP contribution in [0.2, 0.25) is 5.02 Å². The van der Waals surface area contributed by atoms with Crippen molar-refractivity contribution in [1.82, 2.24) is 4.57 Å². The molecule has 4 aromatic rings. The molecule has 2 aromatic carbocycles. The van der Waals surface area contributed by atoms with Gasteiger partial charge in [-0.25, -0.2) is 0 Å². The number of ether oxygens (including phenoxy) is 1. The molecule has 28 heavy (non-hydrogen) atoms. The van der Waals surface area contributed by atoms with Gasteiger partial charge in [-0.05, 0) is 31.2 Å². The summed E-state index contributed by atoms with van der Waals surface area (Å²) in [6.07, 6.45) is 0. The molecule has 0 atom stereocenters. The molecule has 4 rings (SSSR count). The fourth-order valence-electron chi connectivity index (χ4n) is 2.94. The van der Waals surface area contributed by atoms with Gasteiger partial charge < -0.3 is 9.30 Å². The van der Waals surface area contributed by atoms with Crippen LogP contribution in [0.5, 0.6) is 0 Å². The van der Waals surface area contributed by atoms with Crippen LogP contribution in [0.25, 0.3) is 20.3 Å². The quantitative estimate of drug-likeness (QED) is 0.313. The van der Waals surface area contributed by atoms with Gasteiger partial charge in [-0.1, -0.05) is 57.1 Å². The molecule has 0 saturated carbocycles. The second-order valence-electron chi connectivity index (χ2n) is 6.00. The van der Waals surface area contributed by atoms with Crippen molar-refractivity contribution in [3.63, 3.8) is 0 Å². The van der Waals surface area contributed by atoms with E-state index in [1.54, 1.807) is 0 Å². The van der Waals surface area contributed by atoms with Crippen LogP contribution in [0.15, 0.2) is 51.9 Å². The second-order valence-corrected chi connectivity index (χ2v) is 9.36. The van der Waals surface area contributed by atoms with E-state index in [0.29, 0.717) is 34.5 Å². The first-order valence-electron chi connectivity index (χ1n) is 8.71. The van der Waals surface area contributed by atoms with Gasteiger partial charge in [0.1, 0.15) is 4.88 Å². The van der Waals surface area contributed by atoms with E-state index in [1.165, 1.54) is 22.7 Å². The Bertz CT molecular complexity index is 1240. The first-order chi connectivity index (χ1) is 13.6. The maximum absolute atomic E-state index is 12.9. The molecule has 0 spiro atoms. The molecular formula is C20H16BrClN2O2S2. The Hall–Kier alpha value is -1.51. The predicted octanol–water partition coefficient (Wildman–Crippen LogP) is 6.11. The molecule has 2 aromatic heterocycles. The highest BCUT2D eigenvalue weighted by Gasteiger charge is 2.17. The fraction of sp³-hybridized carbons (Fsp3) is 0.200. The lowest BCUT2D eigenvalue weighted by Gasteiger charge is -2.05. The zero-order valence-corrected chi connectivity index (χ0v) is 18.9. The third-order valence-corrected chi connectivity index (χ3v) is 7.43. The number of aromatic nitrogens is 1. The van der Waals surface area contributed by atoms with Gasteiger partial charge in [0, 0.05) is 27.7 Å². The number of benzene rings is 2. The summed E-state index contributed by atoms with van der Waals surface area (Å²) in [7, 11) is 0. The zero-order chi connectivity index (χ0) is 19.7. The minimum Gasteiger partial charge on any atom is -0.380 e. The Balaban J connectivity index is 1.81. The summed E-state index contributed by atoms with van der Waals surface area (Å²) in [4.78, 5) is 18.5. The number of rotatable bonds is 5. The smallest absolute Gasteiger partial charge is 0.291 e. The highest BCUT2D eigenvalue weighted by atomic mass is 79.9. The zero-order valence-electron chi connectivity index (χ0n) is 14.9. The van der Waals surface area contributed by atoms with Crippen LogP contribution in [0.4, 0.5) is 0 Å². The van der Waals surface area contributed by atoms with Gasteiger partial charge in [-0.15, -0.1) is 11.3 Å². The van der Waals surface area contributed by atoms with Gasteiger partial charge >= 0.3 is 0 Å². The van der Waals surface area contributed by atoms with Gasteiger partial charge in [-0.2, -0.15) is 4.99 Å². The van der Waals surface area contributed by atoms with E-state index >= 15 is 0 Å². The second kappa shape index (κ2) is 8.47. The highest BCUT2D eigenvalue weighted by molar-refractivity contribution is 9.10. The topological polar surface area (TPSA) is 43.6 Å². The predicted molar refractivity (Wildman–Crippen MR) is 121 cm³/mol. The standard InChI is InChI=1S/C20H16BrClN2O2S2/c1-2-26-10-9-24-14-8-7-12(21)11-16(14)28-20(24)23-19(25)18-17(22)13-5-3-4-6-15(13)27-18/h3-8,11H,2,9-10H2,1H3. The number of thiazole rings is 1. The van der Waals surface area contributed by atoms with Gasteiger partial charge in [0.05, 0.1) is 21.8 Å². The summed E-state index contributed by atoms with van der Waals surface area (Å²) >= 11 is 12.8. The van der Waals surface area contributed by atoms with Crippen molar-refractivity contribution in [2.45, 2.75) is 13.5 Å². The van der Waals surface area contributed by atoms with Crippen molar-refractivity contribution in [2.75, 3.05) is 13.2 Å². The third kappa shape index (κ3) is 3.82. The first-order valence-corrected chi connectivity index (χ1v) is 11.5. The number of carbonyl (C=O) groups is 1. The first kappa shape index (κ1) is 19.8. The average Bonchev–Trinajstić information content (AvgIpc) is 3.19. The van der Waals surface area contributed by atoms with Crippen molar-refractivity contribution < 1.29 is 9.53 Å². The maximum atomic E-state index is 12.9. The van der Waals surface area contributed by atoms with Crippen LogP contribution < -0.4 is 4.80 Å². The molecule has 8 heteroatoms. The summed E-state index contributed by atoms with van der Waals surface area (Å²) in [5, 5.41) is 1.36. The summed E-state index contributed by atoms with van der Waals surface area (Å²) < 4.78 is 10.6. The van der Waals surface area contributed by atoms with E-state index in [0.717, 1.165) is 24.8 Å². The van der Waals surface area contributed by atoms with E-state index in [4.69, 9.17) is 16.3 Å². The molecule has 144 valence electrons. The minimum absolute atomic E-state index is 0.318. The van der Waals surface area contributed by atoms with Crippen LogP contribution in [0.3, 0.4) is 0 Å². The Morgan fingerprint density at radius 3 is 2.82 bits per heavy atom. The van der Waals surface area contributed by atoms with Crippen molar-refractivity contribution in [2.24, 2.45) is 4.99 Å². The number of fused-ring (bicyclic) bond motifs is 2. The normalized spacial score (nSPS) is 12.3. The van der Waals surface area contributed by atoms with E-state index in [9.17, 15) is 4.79 Å². The van der Waals surface area contributed by atoms with Gasteiger partial charge in [0.25, 0.3) is 5.91 Å². The number of thiophene rings is 1. The van der Waals surface area contributed by atoms with Gasteiger partial charge in [0.15, 0.2) is 4.80 Å². The maximum Gasteiger partial charge on any atom is 0.291 e. The van der Waals surface area contributed by atoms with E-state index in [2.05, 4.69) is 20.9 Å². The molecule has 0 fully saturated rings. The molecule has 0 aliphatic carbocycles. The van der Waals surface area contributed by atoms with Crippen molar-refractivity contribution in [3.8, 4) is 0 Å². The lowest BCUT2D eigenvalue weighted by Crippen LogP contribution is -2.19. The number of hydrogen-bond acceptors (Lipinski definition) is 4. The van der Waals surface area contributed by atoms with Crippen molar-refractivity contribution in [1.29, 1.82) is 0 Å². The largest absolute Gasteiger partial charge is 0.380 e. The lowest BCUT2D eigenvalue weighted by molar-refractivity contribution is 0.100. The molecule has 0 N–H and O–H groups in total. The fourth-order valence-corrected chi connectivity index (χ4v) is 5.94. The third-order valence-electron chi connectivity index (χ3n) is 4.23. The average molecular weight is 496 g/mol. The van der Waals surface area contributed by atoms with Crippen LogP contribution in [-0.4, -0.2) is 23.7 Å². The SMILES string of the molecule is CCOCCn1c(=NC(=O)c2sc3ccccc3c2Cl)sc2cc(Br)ccc21. The van der Waals surface area contributed by atoms with Crippen LogP contribution in [-0.2, 0) is 11.3 Å². The molecule has 0 bridgehead atoms.